The highest BCUT2D eigenvalue weighted by molar-refractivity contribution is 5.85. The first-order chi connectivity index (χ1) is 10.2. The van der Waals surface area contributed by atoms with Crippen LogP contribution in [0.15, 0.2) is 4.42 Å². The molecule has 21 heavy (non-hydrogen) atoms. The lowest BCUT2D eigenvalue weighted by Gasteiger charge is -2.33. The van der Waals surface area contributed by atoms with E-state index >= 15 is 0 Å². The fourth-order valence-corrected chi connectivity index (χ4v) is 2.22. The minimum atomic E-state index is -0.405. The van der Waals surface area contributed by atoms with Gasteiger partial charge in [0.1, 0.15) is 6.04 Å². The molecular weight excluding hydrogens is 274 g/mol. The first-order valence-corrected chi connectivity index (χ1v) is 7.34. The van der Waals surface area contributed by atoms with Crippen molar-refractivity contribution in [3.05, 3.63) is 5.89 Å². The second-order valence-corrected chi connectivity index (χ2v) is 5.50. The van der Waals surface area contributed by atoms with Gasteiger partial charge in [-0.3, -0.25) is 4.79 Å². The van der Waals surface area contributed by atoms with Crippen molar-refractivity contribution in [2.75, 3.05) is 31.7 Å². The van der Waals surface area contributed by atoms with Gasteiger partial charge in [-0.1, -0.05) is 5.10 Å². The van der Waals surface area contributed by atoms with E-state index in [1.165, 1.54) is 0 Å². The number of carbonyl (C=O) groups is 1. The minimum Gasteiger partial charge on any atom is -0.406 e. The van der Waals surface area contributed by atoms with Gasteiger partial charge in [-0.05, 0) is 26.8 Å². The zero-order chi connectivity index (χ0) is 14.8. The normalized spacial score (nSPS) is 23.9. The van der Waals surface area contributed by atoms with Crippen molar-refractivity contribution in [1.82, 2.24) is 20.8 Å². The Kier molecular flexibility index (Phi) is 4.07. The third kappa shape index (κ3) is 3.16. The molecule has 1 aliphatic carbocycles. The molecule has 1 aromatic rings. The molecule has 1 aliphatic heterocycles. The first kappa shape index (κ1) is 14.3. The largest absolute Gasteiger partial charge is 0.406 e. The highest BCUT2D eigenvalue weighted by atomic mass is 16.5. The molecule has 2 fully saturated rings. The summed E-state index contributed by atoms with van der Waals surface area (Å²) in [5, 5.41) is 14.2. The van der Waals surface area contributed by atoms with Gasteiger partial charge in [0, 0.05) is 12.6 Å². The van der Waals surface area contributed by atoms with Crippen molar-refractivity contribution in [2.24, 2.45) is 0 Å². The van der Waals surface area contributed by atoms with E-state index < -0.39 is 6.04 Å². The van der Waals surface area contributed by atoms with Crippen LogP contribution in [0.4, 0.5) is 6.01 Å². The average Bonchev–Trinajstić information content (AvgIpc) is 3.18. The van der Waals surface area contributed by atoms with E-state index in [9.17, 15) is 4.79 Å². The third-order valence-corrected chi connectivity index (χ3v) is 3.83. The topological polar surface area (TPSA) is 92.5 Å². The Morgan fingerprint density at radius 2 is 2.24 bits per heavy atom. The summed E-state index contributed by atoms with van der Waals surface area (Å²) in [5.41, 5.74) is 0. The summed E-state index contributed by atoms with van der Waals surface area (Å²) in [5.74, 6) is 0.485. The quantitative estimate of drug-likeness (QED) is 0.779. The average molecular weight is 295 g/mol. The molecule has 2 N–H and O–H groups in total. The van der Waals surface area contributed by atoms with E-state index in [-0.39, 0.29) is 11.9 Å². The summed E-state index contributed by atoms with van der Waals surface area (Å²) < 4.78 is 11.1. The molecule has 0 radical (unpaired) electrons. The monoisotopic (exact) mass is 295 g/mol. The second-order valence-electron chi connectivity index (χ2n) is 5.50. The summed E-state index contributed by atoms with van der Waals surface area (Å²) in [6.07, 6.45) is 2.12. The molecule has 116 valence electrons. The summed E-state index contributed by atoms with van der Waals surface area (Å²) in [6, 6.07) is 0.277. The summed E-state index contributed by atoms with van der Waals surface area (Å²) >= 11 is 0. The zero-order valence-corrected chi connectivity index (χ0v) is 12.3. The van der Waals surface area contributed by atoms with Crippen molar-refractivity contribution >= 4 is 11.9 Å². The summed E-state index contributed by atoms with van der Waals surface area (Å²) in [4.78, 5) is 14.1. The molecule has 1 saturated heterocycles. The molecule has 1 saturated carbocycles. The summed E-state index contributed by atoms with van der Waals surface area (Å²) in [6.45, 7) is 3.40. The van der Waals surface area contributed by atoms with Crippen molar-refractivity contribution < 1.29 is 13.9 Å². The zero-order valence-electron chi connectivity index (χ0n) is 12.3. The minimum absolute atomic E-state index is 0.0222. The molecule has 8 heteroatoms. The maximum Gasteiger partial charge on any atom is 0.319 e. The number of hydrogen-bond donors (Lipinski definition) is 2. The third-order valence-electron chi connectivity index (χ3n) is 3.83. The van der Waals surface area contributed by atoms with Gasteiger partial charge in [-0.15, -0.1) is 5.10 Å². The van der Waals surface area contributed by atoms with E-state index in [1.807, 2.05) is 18.9 Å². The number of nitrogens with one attached hydrogen (secondary N) is 2. The number of rotatable bonds is 5. The van der Waals surface area contributed by atoms with Crippen LogP contribution >= 0.6 is 0 Å². The van der Waals surface area contributed by atoms with E-state index in [4.69, 9.17) is 9.15 Å². The van der Waals surface area contributed by atoms with Crippen LogP contribution in [0.25, 0.3) is 0 Å². The van der Waals surface area contributed by atoms with E-state index in [1.54, 1.807) is 0 Å². The smallest absolute Gasteiger partial charge is 0.319 e. The SMILES string of the molecule is CNC(C)c1nnc(N2CCOCC2C(=O)NC2CC2)o1. The number of morpholine rings is 1. The molecule has 3 rings (SSSR count). The molecule has 2 unspecified atom stereocenters. The number of carbonyl (C=O) groups excluding carboxylic acids is 1. The number of nitrogens with zero attached hydrogens (tertiary/aromatic N) is 3. The Morgan fingerprint density at radius 1 is 1.43 bits per heavy atom. The van der Waals surface area contributed by atoms with Crippen LogP contribution in [0.5, 0.6) is 0 Å². The Morgan fingerprint density at radius 3 is 2.95 bits per heavy atom. The summed E-state index contributed by atoms with van der Waals surface area (Å²) in [7, 11) is 1.83. The van der Waals surface area contributed by atoms with Gasteiger partial charge in [-0.25, -0.2) is 0 Å². The van der Waals surface area contributed by atoms with Crippen molar-refractivity contribution in [1.29, 1.82) is 0 Å². The molecule has 0 bridgehead atoms. The molecule has 0 spiro atoms. The first-order valence-electron chi connectivity index (χ1n) is 7.34. The standard InChI is InChI=1S/C13H21N5O3/c1-8(14-2)12-16-17-13(21-12)18-5-6-20-7-10(18)11(19)15-9-3-4-9/h8-10,14H,3-7H2,1-2H3,(H,15,19). The number of hydrogen-bond acceptors (Lipinski definition) is 7. The van der Waals surface area contributed by atoms with Crippen LogP contribution in [0.1, 0.15) is 31.7 Å². The Labute approximate surface area is 123 Å². The lowest BCUT2D eigenvalue weighted by atomic mass is 10.2. The van der Waals surface area contributed by atoms with Gasteiger partial charge in [0.05, 0.1) is 19.3 Å². The second kappa shape index (κ2) is 5.98. The molecule has 0 aromatic carbocycles. The van der Waals surface area contributed by atoms with Crippen LogP contribution in [0.3, 0.4) is 0 Å². The van der Waals surface area contributed by atoms with Crippen LogP contribution in [-0.4, -0.2) is 55.0 Å². The van der Waals surface area contributed by atoms with Crippen molar-refractivity contribution in [2.45, 2.75) is 37.9 Å². The van der Waals surface area contributed by atoms with E-state index in [2.05, 4.69) is 20.8 Å². The van der Waals surface area contributed by atoms with Gasteiger partial charge in [-0.2, -0.15) is 0 Å². The van der Waals surface area contributed by atoms with Crippen LogP contribution in [-0.2, 0) is 9.53 Å². The highest BCUT2D eigenvalue weighted by Crippen LogP contribution is 2.23. The molecule has 2 heterocycles. The molecule has 2 atom stereocenters. The molecule has 2 aliphatic rings. The van der Waals surface area contributed by atoms with Gasteiger partial charge < -0.3 is 24.7 Å². The highest BCUT2D eigenvalue weighted by Gasteiger charge is 2.35. The maximum atomic E-state index is 12.3. The fraction of sp³-hybridized carbons (Fsp3) is 0.769. The lowest BCUT2D eigenvalue weighted by Crippen LogP contribution is -2.54. The maximum absolute atomic E-state index is 12.3. The molecule has 8 nitrogen and oxygen atoms in total. The predicted molar refractivity (Wildman–Crippen MR) is 74.9 cm³/mol. The van der Waals surface area contributed by atoms with Gasteiger partial charge in [0.15, 0.2) is 0 Å². The molecular formula is C13H21N5O3. The molecule has 1 amide bonds. The van der Waals surface area contributed by atoms with Gasteiger partial charge in [0.2, 0.25) is 11.8 Å². The Balaban J connectivity index is 1.73. The number of amides is 1. The number of ether oxygens (including phenoxy) is 1. The fourth-order valence-electron chi connectivity index (χ4n) is 2.22. The van der Waals surface area contributed by atoms with E-state index in [0.29, 0.717) is 37.7 Å². The van der Waals surface area contributed by atoms with Crippen molar-refractivity contribution in [3.8, 4) is 0 Å². The van der Waals surface area contributed by atoms with Crippen molar-refractivity contribution in [3.63, 3.8) is 0 Å². The van der Waals surface area contributed by atoms with Crippen LogP contribution in [0.2, 0.25) is 0 Å². The lowest BCUT2D eigenvalue weighted by molar-refractivity contribution is -0.124. The molecule has 1 aromatic heterocycles. The Bertz CT molecular complexity index is 502. The number of aromatic nitrogens is 2. The van der Waals surface area contributed by atoms with Gasteiger partial charge >= 0.3 is 6.01 Å². The van der Waals surface area contributed by atoms with E-state index in [0.717, 1.165) is 12.8 Å². The van der Waals surface area contributed by atoms with Gasteiger partial charge in [0.25, 0.3) is 0 Å². The Hall–Kier alpha value is -1.67. The van der Waals surface area contributed by atoms with Crippen LogP contribution < -0.4 is 15.5 Å². The number of anilines is 1. The predicted octanol–water partition coefficient (Wildman–Crippen LogP) is -0.166. The van der Waals surface area contributed by atoms with Crippen LogP contribution in [0, 0.1) is 0 Å².